The van der Waals surface area contributed by atoms with E-state index in [0.29, 0.717) is 11.6 Å². The zero-order valence-corrected chi connectivity index (χ0v) is 15.4. The predicted molar refractivity (Wildman–Crippen MR) is 96.0 cm³/mol. The number of halogens is 1. The third-order valence-corrected chi connectivity index (χ3v) is 5.26. The zero-order valence-electron chi connectivity index (χ0n) is 13.8. The van der Waals surface area contributed by atoms with Crippen molar-refractivity contribution in [3.05, 3.63) is 52.4 Å². The fourth-order valence-electron chi connectivity index (χ4n) is 2.79. The number of aromatic nitrogens is 4. The van der Waals surface area contributed by atoms with Crippen molar-refractivity contribution in [2.75, 3.05) is 12.4 Å². The van der Waals surface area contributed by atoms with Crippen LogP contribution in [0.15, 0.2) is 35.5 Å². The molecule has 2 aromatic heterocycles. The minimum absolute atomic E-state index is 0.00302. The van der Waals surface area contributed by atoms with Gasteiger partial charge in [-0.1, -0.05) is 35.5 Å². The van der Waals surface area contributed by atoms with Crippen molar-refractivity contribution in [2.24, 2.45) is 0 Å². The fraction of sp³-hybridized carbons (Fsp3) is 0.353. The van der Waals surface area contributed by atoms with Crippen molar-refractivity contribution in [3.63, 3.8) is 0 Å². The summed E-state index contributed by atoms with van der Waals surface area (Å²) in [6.45, 7) is 4.46. The first-order valence-electron chi connectivity index (χ1n) is 7.95. The van der Waals surface area contributed by atoms with Crippen LogP contribution in [0.1, 0.15) is 23.4 Å². The second kappa shape index (κ2) is 6.92. The van der Waals surface area contributed by atoms with Gasteiger partial charge in [-0.05, 0) is 26.0 Å². The predicted octanol–water partition coefficient (Wildman–Crippen LogP) is 3.60. The standard InChI is InChI=1S/C17H17ClN4O2S/c1-10-7-15-20-21-17(22(15)11(2)19-10)25-9-14-8-23-16(24-14)12-3-5-13(18)6-4-12/h3-7,14,16H,8-9H2,1-2H3/t14-,16+/m0/s1. The van der Waals surface area contributed by atoms with E-state index in [0.717, 1.165) is 33.6 Å². The number of thioether (sulfide) groups is 1. The van der Waals surface area contributed by atoms with E-state index in [-0.39, 0.29) is 12.4 Å². The van der Waals surface area contributed by atoms with E-state index in [1.165, 1.54) is 0 Å². The van der Waals surface area contributed by atoms with Crippen LogP contribution in [0.4, 0.5) is 0 Å². The number of hydrogen-bond donors (Lipinski definition) is 0. The molecular weight excluding hydrogens is 360 g/mol. The smallest absolute Gasteiger partial charge is 0.197 e. The molecule has 6 nitrogen and oxygen atoms in total. The highest BCUT2D eigenvalue weighted by Gasteiger charge is 2.28. The third kappa shape index (κ3) is 3.50. The Balaban J connectivity index is 1.42. The highest BCUT2D eigenvalue weighted by molar-refractivity contribution is 7.99. The van der Waals surface area contributed by atoms with E-state index in [1.807, 2.05) is 48.6 Å². The minimum Gasteiger partial charge on any atom is -0.346 e. The van der Waals surface area contributed by atoms with Crippen molar-refractivity contribution >= 4 is 29.0 Å². The van der Waals surface area contributed by atoms with E-state index in [2.05, 4.69) is 15.2 Å². The van der Waals surface area contributed by atoms with E-state index in [4.69, 9.17) is 21.1 Å². The first-order valence-corrected chi connectivity index (χ1v) is 9.31. The van der Waals surface area contributed by atoms with Crippen LogP contribution < -0.4 is 0 Å². The molecule has 130 valence electrons. The van der Waals surface area contributed by atoms with Gasteiger partial charge in [0.25, 0.3) is 0 Å². The number of hydrogen-bond acceptors (Lipinski definition) is 6. The second-order valence-corrected chi connectivity index (χ2v) is 7.33. The van der Waals surface area contributed by atoms with Crippen molar-refractivity contribution in [1.82, 2.24) is 19.6 Å². The zero-order chi connectivity index (χ0) is 17.4. The lowest BCUT2D eigenvalue weighted by molar-refractivity contribution is -0.0565. The van der Waals surface area contributed by atoms with Gasteiger partial charge in [-0.25, -0.2) is 4.98 Å². The normalized spacial score (nSPS) is 20.4. The van der Waals surface area contributed by atoms with Crippen LogP contribution >= 0.6 is 23.4 Å². The quantitative estimate of drug-likeness (QED) is 0.648. The van der Waals surface area contributed by atoms with Gasteiger partial charge >= 0.3 is 0 Å². The number of benzene rings is 1. The Morgan fingerprint density at radius 2 is 2.04 bits per heavy atom. The van der Waals surface area contributed by atoms with Gasteiger partial charge in [0.1, 0.15) is 5.82 Å². The number of fused-ring (bicyclic) bond motifs is 1. The molecule has 1 saturated heterocycles. The number of rotatable bonds is 4. The molecule has 0 N–H and O–H groups in total. The van der Waals surface area contributed by atoms with Crippen LogP contribution in [0.5, 0.6) is 0 Å². The van der Waals surface area contributed by atoms with Crippen molar-refractivity contribution < 1.29 is 9.47 Å². The molecule has 1 fully saturated rings. The average Bonchev–Trinajstić information content (AvgIpc) is 3.20. The van der Waals surface area contributed by atoms with Gasteiger partial charge in [-0.2, -0.15) is 0 Å². The summed E-state index contributed by atoms with van der Waals surface area (Å²) in [6.07, 6.45) is -0.346. The Morgan fingerprint density at radius 3 is 2.84 bits per heavy atom. The van der Waals surface area contributed by atoms with Gasteiger partial charge in [-0.15, -0.1) is 10.2 Å². The molecule has 3 aromatic rings. The van der Waals surface area contributed by atoms with Gasteiger partial charge in [0, 0.05) is 28.1 Å². The summed E-state index contributed by atoms with van der Waals surface area (Å²) >= 11 is 7.52. The number of ether oxygens (including phenoxy) is 2. The molecule has 2 atom stereocenters. The van der Waals surface area contributed by atoms with Crippen LogP contribution in [0, 0.1) is 13.8 Å². The summed E-state index contributed by atoms with van der Waals surface area (Å²) in [5.41, 5.74) is 2.72. The lowest BCUT2D eigenvalue weighted by Gasteiger charge is -2.11. The summed E-state index contributed by atoms with van der Waals surface area (Å²) in [7, 11) is 0. The van der Waals surface area contributed by atoms with E-state index in [9.17, 15) is 0 Å². The summed E-state index contributed by atoms with van der Waals surface area (Å²) in [6, 6.07) is 9.45. The van der Waals surface area contributed by atoms with Gasteiger partial charge in [0.2, 0.25) is 0 Å². The van der Waals surface area contributed by atoms with Crippen molar-refractivity contribution in [2.45, 2.75) is 31.4 Å². The molecule has 25 heavy (non-hydrogen) atoms. The Labute approximate surface area is 154 Å². The third-order valence-electron chi connectivity index (χ3n) is 3.95. The highest BCUT2D eigenvalue weighted by atomic mass is 35.5. The molecule has 0 spiro atoms. The average molecular weight is 377 g/mol. The molecule has 0 unspecified atom stereocenters. The summed E-state index contributed by atoms with van der Waals surface area (Å²) in [5.74, 6) is 1.61. The molecule has 0 aliphatic carbocycles. The largest absolute Gasteiger partial charge is 0.346 e. The maximum Gasteiger partial charge on any atom is 0.197 e. The minimum atomic E-state index is -0.343. The van der Waals surface area contributed by atoms with Crippen LogP contribution in [0.25, 0.3) is 5.65 Å². The SMILES string of the molecule is Cc1cc2nnc(SC[C@@H]3CO[C@@H](c4ccc(Cl)cc4)O3)n2c(C)n1. The summed E-state index contributed by atoms with van der Waals surface area (Å²) < 4.78 is 13.7. The summed E-state index contributed by atoms with van der Waals surface area (Å²) in [5, 5.41) is 10.0. The van der Waals surface area contributed by atoms with Crippen LogP contribution in [-0.2, 0) is 9.47 Å². The first-order chi connectivity index (χ1) is 12.1. The first kappa shape index (κ1) is 16.8. The molecule has 0 saturated carbocycles. The lowest BCUT2D eigenvalue weighted by atomic mass is 10.2. The van der Waals surface area contributed by atoms with Crippen LogP contribution in [0.3, 0.4) is 0 Å². The number of aryl methyl sites for hydroxylation is 2. The van der Waals surface area contributed by atoms with E-state index < -0.39 is 0 Å². The highest BCUT2D eigenvalue weighted by Crippen LogP contribution is 2.30. The van der Waals surface area contributed by atoms with Crippen LogP contribution in [0.2, 0.25) is 5.02 Å². The van der Waals surface area contributed by atoms with Gasteiger partial charge < -0.3 is 9.47 Å². The molecule has 4 rings (SSSR count). The van der Waals surface area contributed by atoms with Gasteiger partial charge in [0.15, 0.2) is 17.1 Å². The Bertz CT molecular complexity index is 900. The van der Waals surface area contributed by atoms with Gasteiger partial charge in [-0.3, -0.25) is 4.40 Å². The van der Waals surface area contributed by atoms with Crippen molar-refractivity contribution in [1.29, 1.82) is 0 Å². The molecule has 8 heteroatoms. The Kier molecular flexibility index (Phi) is 4.64. The van der Waals surface area contributed by atoms with Crippen LogP contribution in [-0.4, -0.2) is 38.0 Å². The van der Waals surface area contributed by atoms with E-state index in [1.54, 1.807) is 11.8 Å². The maximum absolute atomic E-state index is 5.99. The summed E-state index contributed by atoms with van der Waals surface area (Å²) in [4.78, 5) is 4.48. The van der Waals surface area contributed by atoms with Gasteiger partial charge in [0.05, 0.1) is 12.7 Å². The maximum atomic E-state index is 5.99. The Morgan fingerprint density at radius 1 is 1.24 bits per heavy atom. The lowest BCUT2D eigenvalue weighted by Crippen LogP contribution is -2.13. The molecule has 1 aliphatic rings. The molecule has 1 aliphatic heterocycles. The molecule has 0 amide bonds. The molecule has 0 radical (unpaired) electrons. The second-order valence-electron chi connectivity index (χ2n) is 5.91. The number of nitrogens with zero attached hydrogens (tertiary/aromatic N) is 4. The molecule has 0 bridgehead atoms. The van der Waals surface area contributed by atoms with E-state index >= 15 is 0 Å². The fourth-order valence-corrected chi connectivity index (χ4v) is 3.88. The topological polar surface area (TPSA) is 61.5 Å². The Hall–Kier alpha value is -1.67. The van der Waals surface area contributed by atoms with Crippen molar-refractivity contribution in [3.8, 4) is 0 Å². The molecule has 1 aromatic carbocycles. The molecule has 3 heterocycles. The monoisotopic (exact) mass is 376 g/mol. The molecular formula is C17H17ClN4O2S.